The monoisotopic (exact) mass is 330 g/mol. The number of benzene rings is 1. The number of aryl methyl sites for hydroxylation is 2. The Labute approximate surface area is 145 Å². The summed E-state index contributed by atoms with van der Waals surface area (Å²) in [6.45, 7) is 9.63. The zero-order valence-electron chi connectivity index (χ0n) is 15.4. The van der Waals surface area contributed by atoms with Crippen molar-refractivity contribution in [2.75, 3.05) is 18.4 Å². The third-order valence-electron chi connectivity index (χ3n) is 5.16. The Morgan fingerprint density at radius 3 is 2.17 bits per heavy atom. The number of nitrogens with zero attached hydrogens (tertiary/aromatic N) is 1. The molecular weight excluding hydrogens is 300 g/mol. The number of hydrogen-bond donors (Lipinski definition) is 1. The van der Waals surface area contributed by atoms with Crippen LogP contribution in [0, 0.1) is 25.7 Å². The molecule has 0 heterocycles. The molecule has 4 heteroatoms. The quantitative estimate of drug-likeness (QED) is 0.889. The van der Waals surface area contributed by atoms with Gasteiger partial charge in [-0.25, -0.2) is 0 Å². The van der Waals surface area contributed by atoms with Gasteiger partial charge in [0.2, 0.25) is 11.8 Å². The van der Waals surface area contributed by atoms with Gasteiger partial charge in [0.1, 0.15) is 0 Å². The van der Waals surface area contributed by atoms with E-state index in [2.05, 4.69) is 11.4 Å². The molecule has 2 rings (SSSR count). The van der Waals surface area contributed by atoms with Gasteiger partial charge in [-0.3, -0.25) is 9.59 Å². The van der Waals surface area contributed by atoms with Gasteiger partial charge in [-0.1, -0.05) is 17.7 Å². The lowest BCUT2D eigenvalue weighted by Gasteiger charge is -2.30. The minimum absolute atomic E-state index is 0.0199. The van der Waals surface area contributed by atoms with Gasteiger partial charge in [0.05, 0.1) is 0 Å². The zero-order valence-corrected chi connectivity index (χ0v) is 15.4. The molecule has 132 valence electrons. The lowest BCUT2D eigenvalue weighted by atomic mass is 9.81. The Morgan fingerprint density at radius 2 is 1.62 bits per heavy atom. The summed E-state index contributed by atoms with van der Waals surface area (Å²) in [5, 5.41) is 3.06. The second kappa shape index (κ2) is 8.32. The van der Waals surface area contributed by atoms with E-state index < -0.39 is 0 Å². The zero-order chi connectivity index (χ0) is 17.7. The SMILES string of the molecule is CCN(CC)C(=O)C1CCC(C(=O)Nc2ccc(C)cc2C)CC1. The minimum atomic E-state index is 0.0199. The van der Waals surface area contributed by atoms with Gasteiger partial charge in [0, 0.05) is 30.6 Å². The molecule has 1 fully saturated rings. The van der Waals surface area contributed by atoms with Crippen molar-refractivity contribution >= 4 is 17.5 Å². The molecule has 0 aromatic heterocycles. The van der Waals surface area contributed by atoms with Gasteiger partial charge in [-0.05, 0) is 65.0 Å². The van der Waals surface area contributed by atoms with Gasteiger partial charge in [0.15, 0.2) is 0 Å². The van der Waals surface area contributed by atoms with Crippen molar-refractivity contribution in [1.82, 2.24) is 4.90 Å². The summed E-state index contributed by atoms with van der Waals surface area (Å²) in [7, 11) is 0. The molecule has 0 unspecified atom stereocenters. The Balaban J connectivity index is 1.89. The molecule has 0 aliphatic heterocycles. The molecule has 0 bridgehead atoms. The maximum absolute atomic E-state index is 12.5. The van der Waals surface area contributed by atoms with E-state index in [4.69, 9.17) is 0 Å². The van der Waals surface area contributed by atoms with Crippen molar-refractivity contribution in [3.8, 4) is 0 Å². The highest BCUT2D eigenvalue weighted by Crippen LogP contribution is 2.31. The van der Waals surface area contributed by atoms with Crippen LogP contribution in [-0.2, 0) is 9.59 Å². The van der Waals surface area contributed by atoms with Gasteiger partial charge in [-0.2, -0.15) is 0 Å². The van der Waals surface area contributed by atoms with Crippen molar-refractivity contribution in [3.05, 3.63) is 29.3 Å². The van der Waals surface area contributed by atoms with Crippen LogP contribution in [0.25, 0.3) is 0 Å². The van der Waals surface area contributed by atoms with Gasteiger partial charge in [0.25, 0.3) is 0 Å². The predicted molar refractivity (Wildman–Crippen MR) is 97.9 cm³/mol. The molecule has 1 aliphatic rings. The molecule has 24 heavy (non-hydrogen) atoms. The standard InChI is InChI=1S/C20H30N2O2/c1-5-22(6-2)20(24)17-10-8-16(9-11-17)19(23)21-18-12-7-14(3)13-15(18)4/h7,12-13,16-17H,5-6,8-11H2,1-4H3,(H,21,23). The third kappa shape index (κ3) is 4.37. The first-order valence-corrected chi connectivity index (χ1v) is 9.13. The molecule has 1 aromatic rings. The van der Waals surface area contributed by atoms with E-state index in [1.165, 1.54) is 5.56 Å². The van der Waals surface area contributed by atoms with Gasteiger partial charge < -0.3 is 10.2 Å². The van der Waals surface area contributed by atoms with Crippen LogP contribution in [0.15, 0.2) is 18.2 Å². The maximum Gasteiger partial charge on any atom is 0.227 e. The second-order valence-corrected chi connectivity index (χ2v) is 6.87. The van der Waals surface area contributed by atoms with Crippen molar-refractivity contribution in [3.63, 3.8) is 0 Å². The molecule has 0 radical (unpaired) electrons. The Bertz CT molecular complexity index is 585. The second-order valence-electron chi connectivity index (χ2n) is 6.87. The van der Waals surface area contributed by atoms with Crippen molar-refractivity contribution < 1.29 is 9.59 Å². The summed E-state index contributed by atoms with van der Waals surface area (Å²) in [6.07, 6.45) is 3.24. The average Bonchev–Trinajstić information content (AvgIpc) is 2.58. The first kappa shape index (κ1) is 18.5. The summed E-state index contributed by atoms with van der Waals surface area (Å²) in [6, 6.07) is 6.07. The smallest absolute Gasteiger partial charge is 0.227 e. The summed E-state index contributed by atoms with van der Waals surface area (Å²) in [5.74, 6) is 0.463. The number of nitrogens with one attached hydrogen (secondary N) is 1. The van der Waals surface area contributed by atoms with Crippen molar-refractivity contribution in [2.24, 2.45) is 11.8 Å². The molecule has 1 aliphatic carbocycles. The van der Waals surface area contributed by atoms with E-state index in [1.807, 2.05) is 44.7 Å². The molecule has 2 amide bonds. The lowest BCUT2D eigenvalue weighted by Crippen LogP contribution is -2.38. The molecular formula is C20H30N2O2. The minimum Gasteiger partial charge on any atom is -0.343 e. The van der Waals surface area contributed by atoms with Crippen LogP contribution in [0.3, 0.4) is 0 Å². The largest absolute Gasteiger partial charge is 0.343 e. The molecule has 0 atom stereocenters. The molecule has 4 nitrogen and oxygen atoms in total. The Kier molecular flexibility index (Phi) is 6.41. The Hall–Kier alpha value is -1.84. The van der Waals surface area contributed by atoms with E-state index in [0.717, 1.165) is 50.0 Å². The fourth-order valence-electron chi connectivity index (χ4n) is 3.58. The van der Waals surface area contributed by atoms with Crippen LogP contribution in [-0.4, -0.2) is 29.8 Å². The molecule has 0 spiro atoms. The summed E-state index contributed by atoms with van der Waals surface area (Å²) in [4.78, 5) is 26.9. The first-order valence-electron chi connectivity index (χ1n) is 9.13. The number of amides is 2. The van der Waals surface area contributed by atoms with E-state index in [0.29, 0.717) is 0 Å². The van der Waals surface area contributed by atoms with E-state index >= 15 is 0 Å². The summed E-state index contributed by atoms with van der Waals surface area (Å²) in [5.41, 5.74) is 3.18. The van der Waals surface area contributed by atoms with E-state index in [9.17, 15) is 9.59 Å². The van der Waals surface area contributed by atoms with Crippen LogP contribution in [0.2, 0.25) is 0 Å². The summed E-state index contributed by atoms with van der Waals surface area (Å²) < 4.78 is 0. The number of carbonyl (C=O) groups excluding carboxylic acids is 2. The fourth-order valence-corrected chi connectivity index (χ4v) is 3.58. The molecule has 1 N–H and O–H groups in total. The van der Waals surface area contributed by atoms with E-state index in [-0.39, 0.29) is 23.7 Å². The molecule has 1 aromatic carbocycles. The number of hydrogen-bond acceptors (Lipinski definition) is 2. The first-order chi connectivity index (χ1) is 11.5. The number of anilines is 1. The lowest BCUT2D eigenvalue weighted by molar-refractivity contribution is -0.137. The highest BCUT2D eigenvalue weighted by atomic mass is 16.2. The predicted octanol–water partition coefficient (Wildman–Crippen LogP) is 3.92. The van der Waals surface area contributed by atoms with Crippen LogP contribution >= 0.6 is 0 Å². The van der Waals surface area contributed by atoms with Crippen LogP contribution in [0.5, 0.6) is 0 Å². The third-order valence-corrected chi connectivity index (χ3v) is 5.16. The topological polar surface area (TPSA) is 49.4 Å². The Morgan fingerprint density at radius 1 is 1.04 bits per heavy atom. The highest BCUT2D eigenvalue weighted by Gasteiger charge is 2.31. The number of carbonyl (C=O) groups is 2. The van der Waals surface area contributed by atoms with Crippen LogP contribution in [0.1, 0.15) is 50.7 Å². The van der Waals surface area contributed by atoms with Gasteiger partial charge in [-0.15, -0.1) is 0 Å². The van der Waals surface area contributed by atoms with Gasteiger partial charge >= 0.3 is 0 Å². The van der Waals surface area contributed by atoms with E-state index in [1.54, 1.807) is 0 Å². The maximum atomic E-state index is 12.5. The highest BCUT2D eigenvalue weighted by molar-refractivity contribution is 5.93. The summed E-state index contributed by atoms with van der Waals surface area (Å²) >= 11 is 0. The van der Waals surface area contributed by atoms with Crippen molar-refractivity contribution in [2.45, 2.75) is 53.4 Å². The molecule has 0 saturated heterocycles. The average molecular weight is 330 g/mol. The van der Waals surface area contributed by atoms with Crippen molar-refractivity contribution in [1.29, 1.82) is 0 Å². The normalized spacial score (nSPS) is 20.5. The van der Waals surface area contributed by atoms with Crippen LogP contribution < -0.4 is 5.32 Å². The molecule has 1 saturated carbocycles. The van der Waals surface area contributed by atoms with Crippen LogP contribution in [0.4, 0.5) is 5.69 Å². The number of rotatable bonds is 5. The fraction of sp³-hybridized carbons (Fsp3) is 0.600.